The molecule has 3 N–H and O–H groups in total. The number of rotatable bonds is 3. The number of hydrogen-bond acceptors (Lipinski definition) is 4. The van der Waals surface area contributed by atoms with Crippen molar-refractivity contribution in [3.63, 3.8) is 0 Å². The highest BCUT2D eigenvalue weighted by Crippen LogP contribution is 2.37. The van der Waals surface area contributed by atoms with Gasteiger partial charge in [-0.3, -0.25) is 0 Å². The lowest BCUT2D eigenvalue weighted by molar-refractivity contribution is 0.669. The van der Waals surface area contributed by atoms with E-state index in [9.17, 15) is 0 Å². The Kier molecular flexibility index (Phi) is 2.82. The van der Waals surface area contributed by atoms with Crippen LogP contribution in [0.2, 0.25) is 0 Å². The average Bonchev–Trinajstić information content (AvgIpc) is 3.14. The van der Waals surface area contributed by atoms with Crippen LogP contribution in [0.4, 0.5) is 11.4 Å². The molecule has 0 atom stereocenters. The molecule has 0 bridgehead atoms. The van der Waals surface area contributed by atoms with Gasteiger partial charge >= 0.3 is 0 Å². The van der Waals surface area contributed by atoms with Gasteiger partial charge < -0.3 is 15.5 Å². The van der Waals surface area contributed by atoms with Crippen molar-refractivity contribution in [1.82, 2.24) is 0 Å². The van der Waals surface area contributed by atoms with Crippen molar-refractivity contribution in [2.45, 2.75) is 6.54 Å². The van der Waals surface area contributed by atoms with Crippen LogP contribution in [-0.2, 0) is 6.54 Å². The first kappa shape index (κ1) is 12.3. The highest BCUT2D eigenvalue weighted by atomic mass is 32.1. The van der Waals surface area contributed by atoms with Crippen LogP contribution < -0.4 is 11.1 Å². The van der Waals surface area contributed by atoms with Crippen LogP contribution in [0.1, 0.15) is 5.56 Å². The van der Waals surface area contributed by atoms with Gasteiger partial charge in [0.15, 0.2) is 5.58 Å². The van der Waals surface area contributed by atoms with Crippen molar-refractivity contribution >= 4 is 44.7 Å². The SMILES string of the molecule is Nc1ccc(NCc2ccsc2)c2oc3ccccc3c12. The predicted molar refractivity (Wildman–Crippen MR) is 89.8 cm³/mol. The first-order valence-electron chi connectivity index (χ1n) is 6.77. The van der Waals surface area contributed by atoms with Gasteiger partial charge in [-0.1, -0.05) is 18.2 Å². The standard InChI is InChI=1S/C17H14N2OS/c18-13-5-6-14(19-9-11-7-8-21-10-11)17-16(13)12-3-1-2-4-15(12)20-17/h1-8,10,19H,9,18H2. The first-order chi connectivity index (χ1) is 10.3. The van der Waals surface area contributed by atoms with Crippen LogP contribution in [0.25, 0.3) is 21.9 Å². The lowest BCUT2D eigenvalue weighted by Crippen LogP contribution is -1.99. The van der Waals surface area contributed by atoms with Crippen LogP contribution in [-0.4, -0.2) is 0 Å². The zero-order chi connectivity index (χ0) is 14.2. The molecule has 0 amide bonds. The summed E-state index contributed by atoms with van der Waals surface area (Å²) in [6.45, 7) is 0.777. The molecule has 21 heavy (non-hydrogen) atoms. The molecule has 0 aliphatic rings. The fourth-order valence-electron chi connectivity index (χ4n) is 2.58. The van der Waals surface area contributed by atoms with Gasteiger partial charge in [0.05, 0.1) is 11.1 Å². The van der Waals surface area contributed by atoms with E-state index in [0.29, 0.717) is 0 Å². The van der Waals surface area contributed by atoms with E-state index < -0.39 is 0 Å². The fourth-order valence-corrected chi connectivity index (χ4v) is 3.25. The van der Waals surface area contributed by atoms with Gasteiger partial charge in [0.25, 0.3) is 0 Å². The number of nitrogens with two attached hydrogens (primary N) is 1. The molecular weight excluding hydrogens is 280 g/mol. The molecule has 3 nitrogen and oxygen atoms in total. The molecule has 0 radical (unpaired) electrons. The Bertz CT molecular complexity index is 909. The number of fused-ring (bicyclic) bond motifs is 3. The Morgan fingerprint density at radius 1 is 1.10 bits per heavy atom. The molecule has 0 saturated carbocycles. The second-order valence-corrected chi connectivity index (χ2v) is 5.77. The number of thiophene rings is 1. The highest BCUT2D eigenvalue weighted by Gasteiger charge is 2.13. The molecule has 0 fully saturated rings. The second kappa shape index (κ2) is 4.82. The van der Waals surface area contributed by atoms with E-state index in [1.54, 1.807) is 11.3 Å². The van der Waals surface area contributed by atoms with Gasteiger partial charge in [-0.05, 0) is 40.6 Å². The third-order valence-corrected chi connectivity index (χ3v) is 4.35. The van der Waals surface area contributed by atoms with Crippen LogP contribution in [0.5, 0.6) is 0 Å². The number of furan rings is 1. The summed E-state index contributed by atoms with van der Waals surface area (Å²) in [4.78, 5) is 0. The first-order valence-corrected chi connectivity index (χ1v) is 7.72. The number of hydrogen-bond donors (Lipinski definition) is 2. The zero-order valence-electron chi connectivity index (χ0n) is 11.3. The fraction of sp³-hybridized carbons (Fsp3) is 0.0588. The smallest absolute Gasteiger partial charge is 0.160 e. The van der Waals surface area contributed by atoms with Gasteiger partial charge in [-0.2, -0.15) is 11.3 Å². The van der Waals surface area contributed by atoms with Crippen molar-refractivity contribution in [1.29, 1.82) is 0 Å². The minimum Gasteiger partial charge on any atom is -0.454 e. The molecule has 0 aliphatic heterocycles. The summed E-state index contributed by atoms with van der Waals surface area (Å²) in [5.74, 6) is 0. The van der Waals surface area contributed by atoms with Crippen molar-refractivity contribution in [3.05, 3.63) is 58.8 Å². The molecule has 4 aromatic rings. The maximum absolute atomic E-state index is 6.14. The maximum Gasteiger partial charge on any atom is 0.160 e. The van der Waals surface area contributed by atoms with Crippen LogP contribution in [0.3, 0.4) is 0 Å². The quantitative estimate of drug-likeness (QED) is 0.531. The second-order valence-electron chi connectivity index (χ2n) is 4.99. The van der Waals surface area contributed by atoms with E-state index in [1.165, 1.54) is 5.56 Å². The number of benzene rings is 2. The van der Waals surface area contributed by atoms with Crippen LogP contribution in [0, 0.1) is 0 Å². The number of nitrogens with one attached hydrogen (secondary N) is 1. The molecule has 2 aromatic heterocycles. The lowest BCUT2D eigenvalue weighted by Gasteiger charge is -2.07. The minimum atomic E-state index is 0.746. The highest BCUT2D eigenvalue weighted by molar-refractivity contribution is 7.07. The Morgan fingerprint density at radius 2 is 2.00 bits per heavy atom. The summed E-state index contributed by atoms with van der Waals surface area (Å²) in [7, 11) is 0. The Balaban J connectivity index is 1.84. The van der Waals surface area contributed by atoms with Crippen LogP contribution >= 0.6 is 11.3 Å². The molecule has 0 saturated heterocycles. The molecule has 4 rings (SSSR count). The number of nitrogen functional groups attached to an aromatic ring is 1. The molecule has 104 valence electrons. The van der Waals surface area contributed by atoms with E-state index in [2.05, 4.69) is 22.1 Å². The molecule has 0 unspecified atom stereocenters. The van der Waals surface area contributed by atoms with Gasteiger partial charge in [-0.25, -0.2) is 0 Å². The third kappa shape index (κ3) is 2.04. The predicted octanol–water partition coefficient (Wildman–Crippen LogP) is 4.84. The summed E-state index contributed by atoms with van der Waals surface area (Å²) in [5, 5.41) is 9.70. The molecule has 4 heteroatoms. The van der Waals surface area contributed by atoms with Crippen molar-refractivity contribution in [2.75, 3.05) is 11.1 Å². The molecular formula is C17H14N2OS. The minimum absolute atomic E-state index is 0.746. The number of para-hydroxylation sites is 1. The van der Waals surface area contributed by atoms with E-state index >= 15 is 0 Å². The summed E-state index contributed by atoms with van der Waals surface area (Å²) < 4.78 is 5.99. The van der Waals surface area contributed by atoms with Crippen molar-refractivity contribution in [3.8, 4) is 0 Å². The van der Waals surface area contributed by atoms with E-state index in [0.717, 1.165) is 39.9 Å². The van der Waals surface area contributed by atoms with E-state index in [1.807, 2.05) is 36.4 Å². The van der Waals surface area contributed by atoms with E-state index in [-0.39, 0.29) is 0 Å². The summed E-state index contributed by atoms with van der Waals surface area (Å²) in [6, 6.07) is 14.0. The monoisotopic (exact) mass is 294 g/mol. The Morgan fingerprint density at radius 3 is 2.86 bits per heavy atom. The summed E-state index contributed by atoms with van der Waals surface area (Å²) >= 11 is 1.70. The van der Waals surface area contributed by atoms with Gasteiger partial charge in [0, 0.05) is 17.6 Å². The van der Waals surface area contributed by atoms with Gasteiger partial charge in [0.2, 0.25) is 0 Å². The maximum atomic E-state index is 6.14. The number of anilines is 2. The van der Waals surface area contributed by atoms with Gasteiger partial charge in [0.1, 0.15) is 5.58 Å². The third-order valence-electron chi connectivity index (χ3n) is 3.62. The topological polar surface area (TPSA) is 51.2 Å². The lowest BCUT2D eigenvalue weighted by atomic mass is 10.1. The van der Waals surface area contributed by atoms with Crippen molar-refractivity contribution in [2.24, 2.45) is 0 Å². The normalized spacial score (nSPS) is 11.2. The zero-order valence-corrected chi connectivity index (χ0v) is 12.1. The summed E-state index contributed by atoms with van der Waals surface area (Å²) in [6.07, 6.45) is 0. The molecule has 2 heterocycles. The molecule has 0 aliphatic carbocycles. The van der Waals surface area contributed by atoms with Crippen molar-refractivity contribution < 1.29 is 4.42 Å². The average molecular weight is 294 g/mol. The summed E-state index contributed by atoms with van der Waals surface area (Å²) in [5.41, 5.74) is 10.8. The Labute approximate surface area is 126 Å². The van der Waals surface area contributed by atoms with Gasteiger partial charge in [-0.15, -0.1) is 0 Å². The van der Waals surface area contributed by atoms with Crippen LogP contribution in [0.15, 0.2) is 57.6 Å². The Hall–Kier alpha value is -2.46. The molecule has 2 aromatic carbocycles. The molecule has 0 spiro atoms. The largest absolute Gasteiger partial charge is 0.454 e. The van der Waals surface area contributed by atoms with E-state index in [4.69, 9.17) is 10.2 Å².